The summed E-state index contributed by atoms with van der Waals surface area (Å²) in [6, 6.07) is 11.6. The number of hydrogen-bond acceptors (Lipinski definition) is 5. The smallest absolute Gasteiger partial charge is 0.189 e. The van der Waals surface area contributed by atoms with E-state index in [1.54, 1.807) is 13.3 Å². The van der Waals surface area contributed by atoms with E-state index in [0.29, 0.717) is 10.9 Å². The summed E-state index contributed by atoms with van der Waals surface area (Å²) in [6.07, 6.45) is 1.70. The minimum Gasteiger partial charge on any atom is -0.497 e. The fourth-order valence-corrected chi connectivity index (χ4v) is 1.92. The molecule has 2 aromatic rings. The molecule has 18 heavy (non-hydrogen) atoms. The summed E-state index contributed by atoms with van der Waals surface area (Å²) >= 11 is 1.33. The molecule has 1 aromatic heterocycles. The zero-order valence-electron chi connectivity index (χ0n) is 9.83. The molecule has 0 spiro atoms. The largest absolute Gasteiger partial charge is 0.497 e. The number of methoxy groups -OCH3 is 1. The molecule has 0 amide bonds. The first-order chi connectivity index (χ1) is 8.83. The Morgan fingerprint density at radius 3 is 2.72 bits per heavy atom. The average molecular weight is 257 g/mol. The van der Waals surface area contributed by atoms with Crippen LogP contribution in [0.15, 0.2) is 41.7 Å². The Kier molecular flexibility index (Phi) is 4.15. The van der Waals surface area contributed by atoms with E-state index in [4.69, 9.17) is 10.00 Å². The van der Waals surface area contributed by atoms with Crippen molar-refractivity contribution in [3.63, 3.8) is 0 Å². The predicted molar refractivity (Wildman–Crippen MR) is 70.4 cm³/mol. The van der Waals surface area contributed by atoms with E-state index < -0.39 is 0 Å². The van der Waals surface area contributed by atoms with Crippen molar-refractivity contribution in [1.29, 1.82) is 5.26 Å². The first-order valence-electron chi connectivity index (χ1n) is 5.30. The van der Waals surface area contributed by atoms with Crippen LogP contribution in [0.1, 0.15) is 0 Å². The lowest BCUT2D eigenvalue weighted by Gasteiger charge is -2.04. The summed E-state index contributed by atoms with van der Waals surface area (Å²) in [7, 11) is 1.64. The van der Waals surface area contributed by atoms with Crippen molar-refractivity contribution >= 4 is 11.8 Å². The molecule has 0 fully saturated rings. The number of rotatable bonds is 4. The molecule has 0 bridgehead atoms. The van der Waals surface area contributed by atoms with Gasteiger partial charge < -0.3 is 4.74 Å². The van der Waals surface area contributed by atoms with Gasteiger partial charge in [0.25, 0.3) is 0 Å². The van der Waals surface area contributed by atoms with Gasteiger partial charge in [0.1, 0.15) is 5.75 Å². The summed E-state index contributed by atoms with van der Waals surface area (Å²) in [5.74, 6) is 1.17. The van der Waals surface area contributed by atoms with Crippen LogP contribution < -0.4 is 4.74 Å². The quantitative estimate of drug-likeness (QED) is 0.622. The molecule has 90 valence electrons. The van der Waals surface area contributed by atoms with Gasteiger partial charge >= 0.3 is 0 Å². The molecule has 0 unspecified atom stereocenters. The first-order valence-corrected chi connectivity index (χ1v) is 6.29. The highest BCUT2D eigenvalue weighted by Crippen LogP contribution is 2.22. The average Bonchev–Trinajstić information content (AvgIpc) is 2.45. The number of aromatic nitrogens is 2. The number of hydrogen-bond donors (Lipinski definition) is 0. The Balaban J connectivity index is 2.24. The van der Waals surface area contributed by atoms with Crippen LogP contribution in [-0.2, 0) is 0 Å². The van der Waals surface area contributed by atoms with Crippen molar-refractivity contribution in [3.05, 3.63) is 36.5 Å². The number of ether oxygens (including phenoxy) is 1. The molecule has 0 aliphatic heterocycles. The number of nitriles is 1. The van der Waals surface area contributed by atoms with E-state index in [1.807, 2.05) is 30.3 Å². The molecule has 0 aliphatic rings. The van der Waals surface area contributed by atoms with Crippen molar-refractivity contribution in [3.8, 4) is 23.1 Å². The zero-order valence-corrected chi connectivity index (χ0v) is 10.6. The second kappa shape index (κ2) is 6.03. The molecule has 0 saturated carbocycles. The maximum Gasteiger partial charge on any atom is 0.189 e. The predicted octanol–water partition coefficient (Wildman–Crippen LogP) is 2.77. The molecule has 5 heteroatoms. The molecule has 4 nitrogen and oxygen atoms in total. The fourth-order valence-electron chi connectivity index (χ4n) is 1.43. The van der Waals surface area contributed by atoms with Gasteiger partial charge in [0, 0.05) is 11.8 Å². The Morgan fingerprint density at radius 2 is 2.06 bits per heavy atom. The van der Waals surface area contributed by atoms with Crippen LogP contribution in [0, 0.1) is 11.3 Å². The number of nitrogens with zero attached hydrogens (tertiary/aromatic N) is 3. The molecular weight excluding hydrogens is 246 g/mol. The third-order valence-electron chi connectivity index (χ3n) is 2.29. The standard InChI is InChI=1S/C13H11N3OS/c1-17-11-4-2-10(3-5-11)12-6-8-15-13(16-12)18-9-7-14/h2-6,8H,9H2,1H3. The lowest BCUT2D eigenvalue weighted by molar-refractivity contribution is 0.415. The minimum atomic E-state index is 0.353. The molecule has 2 rings (SSSR count). The van der Waals surface area contributed by atoms with Crippen molar-refractivity contribution in [1.82, 2.24) is 9.97 Å². The van der Waals surface area contributed by atoms with Crippen LogP contribution in [0.2, 0.25) is 0 Å². The van der Waals surface area contributed by atoms with Gasteiger partial charge in [0.05, 0.1) is 24.6 Å². The summed E-state index contributed by atoms with van der Waals surface area (Å²) < 4.78 is 5.11. The summed E-state index contributed by atoms with van der Waals surface area (Å²) in [5.41, 5.74) is 1.84. The topological polar surface area (TPSA) is 58.8 Å². The van der Waals surface area contributed by atoms with Crippen LogP contribution in [0.5, 0.6) is 5.75 Å². The van der Waals surface area contributed by atoms with Gasteiger partial charge in [-0.3, -0.25) is 0 Å². The molecule has 0 saturated heterocycles. The van der Waals surface area contributed by atoms with E-state index in [0.717, 1.165) is 17.0 Å². The monoisotopic (exact) mass is 257 g/mol. The normalized spacial score (nSPS) is 9.78. The second-order valence-electron chi connectivity index (χ2n) is 3.40. The van der Waals surface area contributed by atoms with Gasteiger partial charge in [0.15, 0.2) is 5.16 Å². The van der Waals surface area contributed by atoms with E-state index in [-0.39, 0.29) is 0 Å². The van der Waals surface area contributed by atoms with E-state index in [2.05, 4.69) is 16.0 Å². The molecule has 0 N–H and O–H groups in total. The van der Waals surface area contributed by atoms with Crippen LogP contribution >= 0.6 is 11.8 Å². The molecule has 1 heterocycles. The first kappa shape index (κ1) is 12.4. The van der Waals surface area contributed by atoms with Gasteiger partial charge in [0.2, 0.25) is 0 Å². The highest BCUT2D eigenvalue weighted by Gasteiger charge is 2.03. The maximum absolute atomic E-state index is 8.53. The third kappa shape index (κ3) is 2.99. The summed E-state index contributed by atoms with van der Waals surface area (Å²) in [4.78, 5) is 8.51. The molecule has 0 aliphatic carbocycles. The Hall–Kier alpha value is -2.06. The summed E-state index contributed by atoms with van der Waals surface area (Å²) in [5, 5.41) is 9.15. The number of benzene rings is 1. The minimum absolute atomic E-state index is 0.353. The van der Waals surface area contributed by atoms with E-state index in [9.17, 15) is 0 Å². The van der Waals surface area contributed by atoms with Crippen LogP contribution in [0.3, 0.4) is 0 Å². The van der Waals surface area contributed by atoms with Gasteiger partial charge in [-0.15, -0.1) is 0 Å². The number of thioether (sulfide) groups is 1. The Bertz CT molecular complexity index is 563. The van der Waals surface area contributed by atoms with E-state index in [1.165, 1.54) is 11.8 Å². The molecule has 0 atom stereocenters. The highest BCUT2D eigenvalue weighted by atomic mass is 32.2. The van der Waals surface area contributed by atoms with Crippen LogP contribution in [-0.4, -0.2) is 22.8 Å². The Morgan fingerprint density at radius 1 is 1.28 bits per heavy atom. The fraction of sp³-hybridized carbons (Fsp3) is 0.154. The van der Waals surface area contributed by atoms with Gasteiger partial charge in [-0.25, -0.2) is 9.97 Å². The molecular formula is C13H11N3OS. The summed E-state index contributed by atoms with van der Waals surface area (Å²) in [6.45, 7) is 0. The van der Waals surface area contributed by atoms with Crippen molar-refractivity contribution in [2.24, 2.45) is 0 Å². The van der Waals surface area contributed by atoms with Crippen LogP contribution in [0.4, 0.5) is 0 Å². The highest BCUT2D eigenvalue weighted by molar-refractivity contribution is 7.99. The van der Waals surface area contributed by atoms with Crippen molar-refractivity contribution in [2.45, 2.75) is 5.16 Å². The second-order valence-corrected chi connectivity index (χ2v) is 4.34. The van der Waals surface area contributed by atoms with E-state index >= 15 is 0 Å². The molecule has 1 aromatic carbocycles. The van der Waals surface area contributed by atoms with Gasteiger partial charge in [-0.2, -0.15) is 5.26 Å². The third-order valence-corrected chi connectivity index (χ3v) is 3.01. The zero-order chi connectivity index (χ0) is 12.8. The van der Waals surface area contributed by atoms with Gasteiger partial charge in [-0.05, 0) is 30.3 Å². The molecule has 0 radical (unpaired) electrons. The lowest BCUT2D eigenvalue weighted by Crippen LogP contribution is -1.90. The SMILES string of the molecule is COc1ccc(-c2ccnc(SCC#N)n2)cc1. The van der Waals surface area contributed by atoms with Crippen molar-refractivity contribution in [2.75, 3.05) is 12.9 Å². The lowest BCUT2D eigenvalue weighted by atomic mass is 10.1. The maximum atomic E-state index is 8.53. The van der Waals surface area contributed by atoms with Crippen LogP contribution in [0.25, 0.3) is 11.3 Å². The Labute approximate surface area is 110 Å². The van der Waals surface area contributed by atoms with Gasteiger partial charge in [-0.1, -0.05) is 11.8 Å². The van der Waals surface area contributed by atoms with Crippen molar-refractivity contribution < 1.29 is 4.74 Å².